The van der Waals surface area contributed by atoms with E-state index in [1.807, 2.05) is 6.07 Å². The van der Waals surface area contributed by atoms with Gasteiger partial charge in [0.15, 0.2) is 0 Å². The van der Waals surface area contributed by atoms with Gasteiger partial charge in [0.2, 0.25) is 0 Å². The van der Waals surface area contributed by atoms with Gasteiger partial charge in [0.05, 0.1) is 5.41 Å². The Morgan fingerprint density at radius 3 is 1.74 bits per heavy atom. The third-order valence-electron chi connectivity index (χ3n) is 5.74. The van der Waals surface area contributed by atoms with Gasteiger partial charge in [-0.1, -0.05) is 103 Å². The highest BCUT2D eigenvalue weighted by atomic mass is 16.2. The molecule has 2 heteroatoms. The van der Waals surface area contributed by atoms with Crippen LogP contribution in [0.5, 0.6) is 0 Å². The van der Waals surface area contributed by atoms with E-state index in [-0.39, 0.29) is 12.9 Å². The summed E-state index contributed by atoms with van der Waals surface area (Å²) in [6.45, 7) is 0. The smallest absolute Gasteiger partial charge is 0.305 e. The zero-order valence-electron chi connectivity index (χ0n) is 15.0. The Kier molecular flexibility index (Phi) is 3.73. The van der Waals surface area contributed by atoms with Crippen LogP contribution in [0.15, 0.2) is 103 Å². The second kappa shape index (κ2) is 6.26. The predicted molar refractivity (Wildman–Crippen MR) is 113 cm³/mol. The highest BCUT2D eigenvalue weighted by Crippen LogP contribution is 2.55. The Balaban J connectivity index is 1.99. The van der Waals surface area contributed by atoms with E-state index in [2.05, 4.69) is 97.1 Å². The second-order valence-electron chi connectivity index (χ2n) is 7.03. The van der Waals surface area contributed by atoms with Crippen LogP contribution in [0.2, 0.25) is 0 Å². The molecule has 0 fully saturated rings. The first-order valence-electron chi connectivity index (χ1n) is 9.31. The van der Waals surface area contributed by atoms with Crippen molar-refractivity contribution < 1.29 is 5.02 Å². The Morgan fingerprint density at radius 2 is 1.11 bits per heavy atom. The third kappa shape index (κ3) is 2.17. The third-order valence-corrected chi connectivity index (χ3v) is 5.74. The SMILES string of the molecule is OBc1cccc2c1-c1ccccc1C2(c1ccccc1)c1ccccc1. The molecular formula is C25H19BO. The first kappa shape index (κ1) is 16.1. The van der Waals surface area contributed by atoms with Crippen LogP contribution in [0.1, 0.15) is 22.3 Å². The molecule has 5 rings (SSSR count). The fourth-order valence-corrected chi connectivity index (χ4v) is 4.70. The number of rotatable bonds is 3. The van der Waals surface area contributed by atoms with Crippen molar-refractivity contribution in [3.8, 4) is 11.1 Å². The fourth-order valence-electron chi connectivity index (χ4n) is 4.70. The molecule has 1 nitrogen and oxygen atoms in total. The van der Waals surface area contributed by atoms with Crippen molar-refractivity contribution in [2.75, 3.05) is 0 Å². The Morgan fingerprint density at radius 1 is 0.556 bits per heavy atom. The number of fused-ring (bicyclic) bond motifs is 3. The van der Waals surface area contributed by atoms with Crippen molar-refractivity contribution in [2.45, 2.75) is 5.41 Å². The molecule has 1 aliphatic carbocycles. The van der Waals surface area contributed by atoms with Crippen LogP contribution in [0.25, 0.3) is 11.1 Å². The molecule has 0 radical (unpaired) electrons. The molecule has 0 amide bonds. The molecule has 27 heavy (non-hydrogen) atoms. The second-order valence-corrected chi connectivity index (χ2v) is 7.03. The summed E-state index contributed by atoms with van der Waals surface area (Å²) < 4.78 is 0. The maximum Gasteiger partial charge on any atom is 0.305 e. The Hall–Kier alpha value is -3.10. The molecule has 0 aromatic heterocycles. The van der Waals surface area contributed by atoms with Crippen LogP contribution in [-0.2, 0) is 5.41 Å². The van der Waals surface area contributed by atoms with Gasteiger partial charge in [-0.05, 0) is 38.8 Å². The summed E-state index contributed by atoms with van der Waals surface area (Å²) in [4.78, 5) is 0. The van der Waals surface area contributed by atoms with Crippen LogP contribution in [0.3, 0.4) is 0 Å². The first-order chi connectivity index (χ1) is 13.4. The number of hydrogen-bond donors (Lipinski definition) is 1. The van der Waals surface area contributed by atoms with Crippen molar-refractivity contribution in [1.82, 2.24) is 0 Å². The molecular weight excluding hydrogens is 327 g/mol. The minimum atomic E-state index is -0.375. The molecule has 0 spiro atoms. The van der Waals surface area contributed by atoms with Gasteiger partial charge in [-0.15, -0.1) is 0 Å². The Bertz CT molecular complexity index is 1060. The van der Waals surface area contributed by atoms with Gasteiger partial charge in [-0.2, -0.15) is 0 Å². The molecule has 1 aliphatic rings. The normalized spacial score (nSPS) is 13.7. The van der Waals surface area contributed by atoms with E-state index in [0.29, 0.717) is 0 Å². The highest BCUT2D eigenvalue weighted by Gasteiger charge is 2.46. The topological polar surface area (TPSA) is 20.2 Å². The molecule has 0 saturated heterocycles. The summed E-state index contributed by atoms with van der Waals surface area (Å²) in [6, 6.07) is 36.3. The van der Waals surface area contributed by atoms with E-state index in [1.165, 1.54) is 33.4 Å². The van der Waals surface area contributed by atoms with Gasteiger partial charge in [-0.25, -0.2) is 0 Å². The van der Waals surface area contributed by atoms with Gasteiger partial charge in [0.25, 0.3) is 0 Å². The van der Waals surface area contributed by atoms with Gasteiger partial charge in [0.1, 0.15) is 0 Å². The van der Waals surface area contributed by atoms with E-state index in [1.54, 1.807) is 0 Å². The lowest BCUT2D eigenvalue weighted by Crippen LogP contribution is -2.29. The summed E-state index contributed by atoms with van der Waals surface area (Å²) in [6.07, 6.45) is 0. The highest BCUT2D eigenvalue weighted by molar-refractivity contribution is 6.48. The molecule has 0 saturated carbocycles. The number of hydrogen-bond acceptors (Lipinski definition) is 1. The summed E-state index contributed by atoms with van der Waals surface area (Å²) in [5.41, 5.74) is 8.00. The van der Waals surface area contributed by atoms with E-state index in [4.69, 9.17) is 0 Å². The molecule has 128 valence electrons. The van der Waals surface area contributed by atoms with Gasteiger partial charge >= 0.3 is 7.48 Å². The molecule has 0 atom stereocenters. The lowest BCUT2D eigenvalue weighted by Gasteiger charge is -2.33. The molecule has 0 bridgehead atoms. The quantitative estimate of drug-likeness (QED) is 0.489. The largest absolute Gasteiger partial charge is 0.449 e. The fraction of sp³-hybridized carbons (Fsp3) is 0.0400. The first-order valence-corrected chi connectivity index (χ1v) is 9.31. The average Bonchev–Trinajstić information content (AvgIpc) is 3.06. The molecule has 4 aromatic rings. The monoisotopic (exact) mass is 346 g/mol. The maximum atomic E-state index is 10.0. The molecule has 4 aromatic carbocycles. The van der Waals surface area contributed by atoms with E-state index >= 15 is 0 Å². The molecule has 0 unspecified atom stereocenters. The zero-order chi connectivity index (χ0) is 18.3. The predicted octanol–water partition coefficient (Wildman–Crippen LogP) is 4.02. The lowest BCUT2D eigenvalue weighted by molar-refractivity contribution is 0.615. The molecule has 0 heterocycles. The van der Waals surface area contributed by atoms with E-state index in [0.717, 1.165) is 5.46 Å². The standard InChI is InChI=1S/C25H19BO/c27-26-23-17-9-16-22-24(23)20-14-7-8-15-21(20)25(22,18-10-3-1-4-11-18)19-12-5-2-6-13-19/h1-17,26-27H. The Labute approximate surface area is 160 Å². The average molecular weight is 346 g/mol. The van der Waals surface area contributed by atoms with Crippen LogP contribution in [0.4, 0.5) is 0 Å². The van der Waals surface area contributed by atoms with Gasteiger partial charge < -0.3 is 5.02 Å². The van der Waals surface area contributed by atoms with E-state index in [9.17, 15) is 5.02 Å². The summed E-state index contributed by atoms with van der Waals surface area (Å²) in [7, 11) is 0.0389. The van der Waals surface area contributed by atoms with Gasteiger partial charge in [-0.3, -0.25) is 0 Å². The zero-order valence-corrected chi connectivity index (χ0v) is 15.0. The maximum absolute atomic E-state index is 10.0. The van der Waals surface area contributed by atoms with Crippen LogP contribution in [-0.4, -0.2) is 12.5 Å². The summed E-state index contributed by atoms with van der Waals surface area (Å²) >= 11 is 0. The minimum Gasteiger partial charge on any atom is -0.449 e. The minimum absolute atomic E-state index is 0.0389. The van der Waals surface area contributed by atoms with Crippen molar-refractivity contribution in [2.24, 2.45) is 0 Å². The number of benzene rings is 4. The van der Waals surface area contributed by atoms with Gasteiger partial charge in [0, 0.05) is 0 Å². The van der Waals surface area contributed by atoms with Crippen LogP contribution >= 0.6 is 0 Å². The van der Waals surface area contributed by atoms with E-state index < -0.39 is 0 Å². The van der Waals surface area contributed by atoms with Crippen LogP contribution in [0, 0.1) is 0 Å². The van der Waals surface area contributed by atoms with Crippen molar-refractivity contribution >= 4 is 12.9 Å². The van der Waals surface area contributed by atoms with Crippen molar-refractivity contribution in [1.29, 1.82) is 0 Å². The summed E-state index contributed by atoms with van der Waals surface area (Å²) in [5, 5.41) is 10.0. The van der Waals surface area contributed by atoms with Crippen molar-refractivity contribution in [3.63, 3.8) is 0 Å². The summed E-state index contributed by atoms with van der Waals surface area (Å²) in [5.74, 6) is 0. The lowest BCUT2D eigenvalue weighted by atomic mass is 9.67. The molecule has 0 aliphatic heterocycles. The molecule has 1 N–H and O–H groups in total. The van der Waals surface area contributed by atoms with Crippen molar-refractivity contribution in [3.05, 3.63) is 125 Å². The van der Waals surface area contributed by atoms with Crippen LogP contribution < -0.4 is 5.46 Å².